The summed E-state index contributed by atoms with van der Waals surface area (Å²) < 4.78 is 29.9. The first-order valence-electron chi connectivity index (χ1n) is 9.60. The fourth-order valence-electron chi connectivity index (χ4n) is 4.01. The van der Waals surface area contributed by atoms with Crippen LogP contribution < -0.4 is 14.5 Å². The van der Waals surface area contributed by atoms with Crippen LogP contribution in [-0.4, -0.2) is 48.0 Å². The van der Waals surface area contributed by atoms with Gasteiger partial charge in [0, 0.05) is 44.0 Å². The Morgan fingerprint density at radius 2 is 2.23 bits per heavy atom. The third kappa shape index (κ3) is 3.94. The number of pyridine rings is 1. The zero-order chi connectivity index (χ0) is 21.1. The molecule has 1 saturated heterocycles. The van der Waals surface area contributed by atoms with E-state index in [0.717, 1.165) is 25.2 Å². The van der Waals surface area contributed by atoms with Crippen molar-refractivity contribution in [3.8, 4) is 11.8 Å². The van der Waals surface area contributed by atoms with Crippen LogP contribution in [0.2, 0.25) is 0 Å². The van der Waals surface area contributed by atoms with Crippen LogP contribution in [0.15, 0.2) is 42.7 Å². The summed E-state index contributed by atoms with van der Waals surface area (Å²) >= 11 is 0. The molecular weight excluding hydrogens is 390 g/mol. The summed E-state index contributed by atoms with van der Waals surface area (Å²) in [6, 6.07) is 10.7. The number of aromatic nitrogens is 3. The minimum Gasteiger partial charge on any atom is -0.435 e. The number of likely N-dealkylation sites (N-methyl/N-ethyl adjacent to an activating group) is 1. The summed E-state index contributed by atoms with van der Waals surface area (Å²) in [6.45, 7) is -1.41. The second-order valence-electron chi connectivity index (χ2n) is 7.14. The predicted molar refractivity (Wildman–Crippen MR) is 109 cm³/mol. The lowest BCUT2D eigenvalue weighted by atomic mass is 10.1. The number of anilines is 2. The normalized spacial score (nSPS) is 16.1. The summed E-state index contributed by atoms with van der Waals surface area (Å²) in [6.07, 6.45) is 5.16. The second kappa shape index (κ2) is 8.45. The Labute approximate surface area is 172 Å². The molecule has 0 amide bonds. The Morgan fingerprint density at radius 1 is 1.37 bits per heavy atom. The van der Waals surface area contributed by atoms with Gasteiger partial charge in [0.25, 0.3) is 0 Å². The quantitative estimate of drug-likeness (QED) is 0.614. The van der Waals surface area contributed by atoms with Crippen LogP contribution in [-0.2, 0) is 0 Å². The Balaban J connectivity index is 1.68. The molecule has 3 heterocycles. The number of alkyl halides is 2. The fraction of sp³-hybridized carbons (Fsp3) is 0.333. The third-order valence-electron chi connectivity index (χ3n) is 5.25. The number of nitriles is 1. The van der Waals surface area contributed by atoms with E-state index in [1.54, 1.807) is 12.3 Å². The van der Waals surface area contributed by atoms with Crippen molar-refractivity contribution in [3.63, 3.8) is 0 Å². The van der Waals surface area contributed by atoms with E-state index in [9.17, 15) is 14.0 Å². The van der Waals surface area contributed by atoms with E-state index in [4.69, 9.17) is 0 Å². The van der Waals surface area contributed by atoms with Crippen molar-refractivity contribution in [1.29, 1.82) is 5.26 Å². The standard InChI is InChI=1S/C21H20F2N6O/c1-28(13-15-4-3-9-29(15)19-5-2-8-26-27-19)20-14(11-24)12-25-18-7-6-16(10-17(18)20)30-21(22)23/h2,5-8,10,12,15,21H,3-4,9,13H2,1H3. The highest BCUT2D eigenvalue weighted by atomic mass is 19.3. The molecule has 0 N–H and O–H groups in total. The van der Waals surface area contributed by atoms with Gasteiger partial charge >= 0.3 is 6.61 Å². The maximum Gasteiger partial charge on any atom is 0.387 e. The minimum atomic E-state index is -2.92. The Bertz CT molecular complexity index is 1070. The van der Waals surface area contributed by atoms with Crippen molar-refractivity contribution in [2.45, 2.75) is 25.5 Å². The van der Waals surface area contributed by atoms with Crippen molar-refractivity contribution in [2.24, 2.45) is 0 Å². The van der Waals surface area contributed by atoms with Gasteiger partial charge in [-0.05, 0) is 43.2 Å². The highest BCUT2D eigenvalue weighted by molar-refractivity contribution is 5.95. The maximum atomic E-state index is 12.7. The molecule has 1 atom stereocenters. The molecule has 30 heavy (non-hydrogen) atoms. The molecule has 3 aromatic rings. The molecule has 9 heteroatoms. The molecule has 1 unspecified atom stereocenters. The van der Waals surface area contributed by atoms with Crippen LogP contribution in [0.25, 0.3) is 10.9 Å². The summed E-state index contributed by atoms with van der Waals surface area (Å²) in [5.74, 6) is 0.854. The van der Waals surface area contributed by atoms with Crippen molar-refractivity contribution in [3.05, 3.63) is 48.3 Å². The monoisotopic (exact) mass is 410 g/mol. The van der Waals surface area contributed by atoms with E-state index in [1.165, 1.54) is 18.3 Å². The molecule has 1 aliphatic heterocycles. The van der Waals surface area contributed by atoms with Crippen LogP contribution in [0.5, 0.6) is 5.75 Å². The highest BCUT2D eigenvalue weighted by Crippen LogP contribution is 2.33. The predicted octanol–water partition coefficient (Wildman–Crippen LogP) is 3.60. The van der Waals surface area contributed by atoms with Gasteiger partial charge in [-0.1, -0.05) is 0 Å². The van der Waals surface area contributed by atoms with E-state index in [1.807, 2.05) is 24.1 Å². The zero-order valence-corrected chi connectivity index (χ0v) is 16.4. The molecule has 0 spiro atoms. The summed E-state index contributed by atoms with van der Waals surface area (Å²) in [4.78, 5) is 8.48. The molecule has 0 aliphatic carbocycles. The van der Waals surface area contributed by atoms with Crippen molar-refractivity contribution in [1.82, 2.24) is 15.2 Å². The van der Waals surface area contributed by atoms with Gasteiger partial charge in [0.2, 0.25) is 0 Å². The topological polar surface area (TPSA) is 78.2 Å². The van der Waals surface area contributed by atoms with Gasteiger partial charge in [-0.2, -0.15) is 19.1 Å². The highest BCUT2D eigenvalue weighted by Gasteiger charge is 2.28. The van der Waals surface area contributed by atoms with E-state index < -0.39 is 6.61 Å². The molecule has 4 rings (SSSR count). The van der Waals surface area contributed by atoms with Crippen molar-refractivity contribution < 1.29 is 13.5 Å². The van der Waals surface area contributed by atoms with E-state index >= 15 is 0 Å². The molecule has 0 saturated carbocycles. The molecular formula is C21H20F2N6O. The van der Waals surface area contributed by atoms with Crippen molar-refractivity contribution >= 4 is 22.4 Å². The average molecular weight is 410 g/mol. The van der Waals surface area contributed by atoms with Crippen LogP contribution in [0.1, 0.15) is 18.4 Å². The first-order valence-corrected chi connectivity index (χ1v) is 9.60. The number of hydrogen-bond donors (Lipinski definition) is 0. The van der Waals surface area contributed by atoms with Gasteiger partial charge in [-0.3, -0.25) is 4.98 Å². The number of benzene rings is 1. The minimum absolute atomic E-state index is 0.0334. The van der Waals surface area contributed by atoms with Crippen LogP contribution in [0.4, 0.5) is 20.3 Å². The number of rotatable bonds is 6. The lowest BCUT2D eigenvalue weighted by Gasteiger charge is -2.31. The van der Waals surface area contributed by atoms with Gasteiger partial charge in [0.05, 0.1) is 16.8 Å². The first kappa shape index (κ1) is 19.8. The van der Waals surface area contributed by atoms with Gasteiger partial charge in [0.1, 0.15) is 11.8 Å². The van der Waals surface area contributed by atoms with Crippen LogP contribution in [0.3, 0.4) is 0 Å². The lowest BCUT2D eigenvalue weighted by Crippen LogP contribution is -2.39. The van der Waals surface area contributed by atoms with Gasteiger partial charge in [-0.25, -0.2) is 0 Å². The Morgan fingerprint density at radius 3 is 2.97 bits per heavy atom. The SMILES string of the molecule is CN(CC1CCCN1c1cccnn1)c1c(C#N)cnc2ccc(OC(F)F)cc12. The number of halogens is 2. The number of fused-ring (bicyclic) bond motifs is 1. The smallest absolute Gasteiger partial charge is 0.387 e. The Kier molecular flexibility index (Phi) is 5.57. The zero-order valence-electron chi connectivity index (χ0n) is 16.4. The molecule has 1 fully saturated rings. The molecule has 2 aromatic heterocycles. The van der Waals surface area contributed by atoms with E-state index in [-0.39, 0.29) is 11.8 Å². The van der Waals surface area contributed by atoms with E-state index in [0.29, 0.717) is 28.7 Å². The summed E-state index contributed by atoms with van der Waals surface area (Å²) in [5.41, 5.74) is 1.63. The van der Waals surface area contributed by atoms with Crippen LogP contribution >= 0.6 is 0 Å². The second-order valence-corrected chi connectivity index (χ2v) is 7.14. The summed E-state index contributed by atoms with van der Waals surface area (Å²) in [5, 5.41) is 18.4. The number of ether oxygens (including phenoxy) is 1. The van der Waals surface area contributed by atoms with Gasteiger partial charge < -0.3 is 14.5 Å². The van der Waals surface area contributed by atoms with Gasteiger partial charge in [-0.15, -0.1) is 5.10 Å². The largest absolute Gasteiger partial charge is 0.435 e. The van der Waals surface area contributed by atoms with Crippen LogP contribution in [0, 0.1) is 11.3 Å². The Hall–Kier alpha value is -3.54. The molecule has 1 aliphatic rings. The first-order chi connectivity index (χ1) is 14.6. The lowest BCUT2D eigenvalue weighted by molar-refractivity contribution is -0.0497. The van der Waals surface area contributed by atoms with E-state index in [2.05, 4.69) is 30.9 Å². The molecule has 7 nitrogen and oxygen atoms in total. The van der Waals surface area contributed by atoms with Gasteiger partial charge in [0.15, 0.2) is 5.82 Å². The van der Waals surface area contributed by atoms with Crippen molar-refractivity contribution in [2.75, 3.05) is 29.9 Å². The number of nitrogens with zero attached hydrogens (tertiary/aromatic N) is 6. The molecule has 0 bridgehead atoms. The number of hydrogen-bond acceptors (Lipinski definition) is 7. The summed E-state index contributed by atoms with van der Waals surface area (Å²) in [7, 11) is 1.89. The fourth-order valence-corrected chi connectivity index (χ4v) is 4.01. The molecule has 0 radical (unpaired) electrons. The maximum absolute atomic E-state index is 12.7. The third-order valence-corrected chi connectivity index (χ3v) is 5.25. The molecule has 154 valence electrons. The molecule has 1 aromatic carbocycles. The average Bonchev–Trinajstić information content (AvgIpc) is 3.21.